The van der Waals surface area contributed by atoms with Crippen LogP contribution in [0.25, 0.3) is 0 Å². The second-order valence-electron chi connectivity index (χ2n) is 5.48. The zero-order chi connectivity index (χ0) is 12.4. The van der Waals surface area contributed by atoms with E-state index in [4.69, 9.17) is 4.98 Å². The fourth-order valence-electron chi connectivity index (χ4n) is 3.10. The van der Waals surface area contributed by atoms with Crippen LogP contribution in [0.1, 0.15) is 49.7 Å². The molecule has 2 aliphatic rings. The van der Waals surface area contributed by atoms with Crippen molar-refractivity contribution in [2.45, 2.75) is 56.2 Å². The molecule has 3 heterocycles. The summed E-state index contributed by atoms with van der Waals surface area (Å²) in [6.07, 6.45) is 10.8. The predicted octanol–water partition coefficient (Wildman–Crippen LogP) is 2.58. The number of aliphatic hydroxyl groups is 1. The fourth-order valence-corrected chi connectivity index (χ4v) is 4.43. The number of imidazole rings is 1. The van der Waals surface area contributed by atoms with E-state index >= 15 is 0 Å². The van der Waals surface area contributed by atoms with Crippen molar-refractivity contribution in [2.75, 3.05) is 12.4 Å². The smallest absolute Gasteiger partial charge is 0.109 e. The van der Waals surface area contributed by atoms with Crippen LogP contribution in [0.4, 0.5) is 0 Å². The topological polar surface area (TPSA) is 38.1 Å². The number of thioether (sulfide) groups is 1. The monoisotopic (exact) mass is 266 g/mol. The Labute approximate surface area is 113 Å². The number of rotatable bonds is 3. The molecule has 0 amide bonds. The number of fused-ring (bicyclic) bond motifs is 1. The van der Waals surface area contributed by atoms with Gasteiger partial charge in [0, 0.05) is 24.3 Å². The van der Waals surface area contributed by atoms with E-state index in [2.05, 4.69) is 22.5 Å². The molecule has 0 bridgehead atoms. The molecule has 1 saturated heterocycles. The van der Waals surface area contributed by atoms with E-state index < -0.39 is 0 Å². The molecule has 0 aromatic carbocycles. The first-order valence-corrected chi connectivity index (χ1v) is 8.21. The maximum absolute atomic E-state index is 9.42. The molecule has 18 heavy (non-hydrogen) atoms. The van der Waals surface area contributed by atoms with E-state index in [1.54, 1.807) is 0 Å². The van der Waals surface area contributed by atoms with Gasteiger partial charge in [-0.2, -0.15) is 11.8 Å². The molecular weight excluding hydrogens is 244 g/mol. The largest absolute Gasteiger partial charge is 0.394 e. The minimum Gasteiger partial charge on any atom is -0.394 e. The second kappa shape index (κ2) is 5.66. The quantitative estimate of drug-likeness (QED) is 0.914. The predicted molar refractivity (Wildman–Crippen MR) is 75.1 cm³/mol. The van der Waals surface area contributed by atoms with E-state index in [0.717, 1.165) is 24.5 Å². The van der Waals surface area contributed by atoms with Crippen LogP contribution in [-0.2, 0) is 12.8 Å². The molecular formula is C14H22N2OS. The Kier molecular flexibility index (Phi) is 3.94. The summed E-state index contributed by atoms with van der Waals surface area (Å²) in [4.78, 5) is 4.78. The zero-order valence-electron chi connectivity index (χ0n) is 10.8. The fraction of sp³-hybridized carbons (Fsp3) is 0.786. The van der Waals surface area contributed by atoms with Crippen molar-refractivity contribution < 1.29 is 5.11 Å². The van der Waals surface area contributed by atoms with Crippen LogP contribution in [0.2, 0.25) is 0 Å². The Morgan fingerprint density at radius 1 is 1.33 bits per heavy atom. The molecule has 2 atom stereocenters. The molecule has 1 aromatic heterocycles. The lowest BCUT2D eigenvalue weighted by molar-refractivity contribution is 0.206. The molecule has 2 aliphatic heterocycles. The van der Waals surface area contributed by atoms with Gasteiger partial charge in [0.1, 0.15) is 5.82 Å². The number of aryl methyl sites for hydroxylation is 1. The summed E-state index contributed by atoms with van der Waals surface area (Å²) in [6, 6.07) is 0.272. The van der Waals surface area contributed by atoms with Gasteiger partial charge < -0.3 is 9.67 Å². The Morgan fingerprint density at radius 2 is 2.28 bits per heavy atom. The number of aliphatic hydroxyl groups excluding tert-OH is 1. The van der Waals surface area contributed by atoms with E-state index in [1.165, 1.54) is 43.0 Å². The van der Waals surface area contributed by atoms with Gasteiger partial charge in [0.25, 0.3) is 0 Å². The molecule has 3 rings (SSSR count). The Hall–Kier alpha value is -0.480. The summed E-state index contributed by atoms with van der Waals surface area (Å²) < 4.78 is 2.23. The lowest BCUT2D eigenvalue weighted by Gasteiger charge is -2.22. The van der Waals surface area contributed by atoms with Gasteiger partial charge >= 0.3 is 0 Å². The standard InChI is InChI=1S/C14H22N2OS/c17-10-12-4-3-6-14-15-11(9-16(12)14)8-13-5-1-2-7-18-13/h9,12-13,17H,1-8,10H2. The highest BCUT2D eigenvalue weighted by atomic mass is 32.2. The molecule has 0 spiro atoms. The highest BCUT2D eigenvalue weighted by Crippen LogP contribution is 2.29. The summed E-state index contributed by atoms with van der Waals surface area (Å²) in [5, 5.41) is 10.2. The van der Waals surface area contributed by atoms with Crippen molar-refractivity contribution in [1.29, 1.82) is 0 Å². The molecule has 0 aliphatic carbocycles. The molecule has 0 saturated carbocycles. The van der Waals surface area contributed by atoms with Crippen LogP contribution in [0.5, 0.6) is 0 Å². The normalized spacial score (nSPS) is 28.1. The molecule has 0 radical (unpaired) electrons. The Balaban J connectivity index is 1.71. The molecule has 1 aromatic rings. The van der Waals surface area contributed by atoms with Crippen molar-refractivity contribution in [3.63, 3.8) is 0 Å². The molecule has 100 valence electrons. The third-order valence-electron chi connectivity index (χ3n) is 4.11. The molecule has 1 N–H and O–H groups in total. The molecule has 4 heteroatoms. The van der Waals surface area contributed by atoms with Crippen LogP contribution < -0.4 is 0 Å². The van der Waals surface area contributed by atoms with Gasteiger partial charge in [-0.3, -0.25) is 0 Å². The molecule has 2 unspecified atom stereocenters. The van der Waals surface area contributed by atoms with Crippen molar-refractivity contribution in [1.82, 2.24) is 9.55 Å². The summed E-state index contributed by atoms with van der Waals surface area (Å²) in [7, 11) is 0. The van der Waals surface area contributed by atoms with E-state index in [1.807, 2.05) is 0 Å². The van der Waals surface area contributed by atoms with Gasteiger partial charge in [-0.05, 0) is 31.4 Å². The van der Waals surface area contributed by atoms with Crippen LogP contribution in [-0.4, -0.2) is 32.3 Å². The third kappa shape index (κ3) is 2.59. The SMILES string of the molecule is OCC1CCCc2nc(CC3CCCCS3)cn21. The van der Waals surface area contributed by atoms with Gasteiger partial charge in [0.15, 0.2) is 0 Å². The lowest BCUT2D eigenvalue weighted by Crippen LogP contribution is -2.20. The van der Waals surface area contributed by atoms with Crippen LogP contribution in [0.15, 0.2) is 6.20 Å². The van der Waals surface area contributed by atoms with E-state index in [-0.39, 0.29) is 12.6 Å². The van der Waals surface area contributed by atoms with Gasteiger partial charge in [0.05, 0.1) is 18.3 Å². The maximum Gasteiger partial charge on any atom is 0.109 e. The molecule has 3 nitrogen and oxygen atoms in total. The summed E-state index contributed by atoms with van der Waals surface area (Å²) in [5.74, 6) is 2.51. The summed E-state index contributed by atoms with van der Waals surface area (Å²) in [5.41, 5.74) is 1.24. The molecule has 1 fully saturated rings. The van der Waals surface area contributed by atoms with E-state index in [9.17, 15) is 5.11 Å². The second-order valence-corrected chi connectivity index (χ2v) is 6.89. The number of aromatic nitrogens is 2. The van der Waals surface area contributed by atoms with Crippen molar-refractivity contribution in [3.8, 4) is 0 Å². The Morgan fingerprint density at radius 3 is 3.06 bits per heavy atom. The zero-order valence-corrected chi connectivity index (χ0v) is 11.7. The minimum atomic E-state index is 0.251. The highest BCUT2D eigenvalue weighted by Gasteiger charge is 2.22. The van der Waals surface area contributed by atoms with Gasteiger partial charge in [-0.25, -0.2) is 4.98 Å². The van der Waals surface area contributed by atoms with Crippen molar-refractivity contribution >= 4 is 11.8 Å². The number of nitrogens with zero attached hydrogens (tertiary/aromatic N) is 2. The Bertz CT molecular complexity index is 398. The number of hydrogen-bond donors (Lipinski definition) is 1. The average molecular weight is 266 g/mol. The summed E-state index contributed by atoms with van der Waals surface area (Å²) >= 11 is 2.11. The van der Waals surface area contributed by atoms with Gasteiger partial charge in [-0.15, -0.1) is 0 Å². The third-order valence-corrected chi connectivity index (χ3v) is 5.51. The average Bonchev–Trinajstić information content (AvgIpc) is 2.82. The number of hydrogen-bond acceptors (Lipinski definition) is 3. The maximum atomic E-state index is 9.42. The first kappa shape index (κ1) is 12.5. The van der Waals surface area contributed by atoms with Crippen LogP contribution >= 0.6 is 11.8 Å². The van der Waals surface area contributed by atoms with Gasteiger partial charge in [-0.1, -0.05) is 6.42 Å². The first-order chi connectivity index (χ1) is 8.86. The lowest BCUT2D eigenvalue weighted by atomic mass is 10.1. The van der Waals surface area contributed by atoms with Gasteiger partial charge in [0.2, 0.25) is 0 Å². The minimum absolute atomic E-state index is 0.251. The first-order valence-electron chi connectivity index (χ1n) is 7.16. The van der Waals surface area contributed by atoms with Crippen molar-refractivity contribution in [2.24, 2.45) is 0 Å². The van der Waals surface area contributed by atoms with Crippen molar-refractivity contribution in [3.05, 3.63) is 17.7 Å². The van der Waals surface area contributed by atoms with Crippen LogP contribution in [0, 0.1) is 0 Å². The van der Waals surface area contributed by atoms with E-state index in [0.29, 0.717) is 0 Å². The summed E-state index contributed by atoms with van der Waals surface area (Å²) in [6.45, 7) is 0.251. The highest BCUT2D eigenvalue weighted by molar-refractivity contribution is 7.99. The van der Waals surface area contributed by atoms with Crippen LogP contribution in [0.3, 0.4) is 0 Å².